The lowest BCUT2D eigenvalue weighted by atomic mass is 10.1. The van der Waals surface area contributed by atoms with Crippen molar-refractivity contribution in [3.05, 3.63) is 48.5 Å². The van der Waals surface area contributed by atoms with Gasteiger partial charge in [-0.2, -0.15) is 4.99 Å². The molecule has 0 saturated heterocycles. The average Bonchev–Trinajstić information content (AvgIpc) is 2.68. The van der Waals surface area contributed by atoms with Crippen LogP contribution in [0.4, 0.5) is 11.4 Å². The zero-order valence-electron chi connectivity index (χ0n) is 14.1. The van der Waals surface area contributed by atoms with Gasteiger partial charge in [0, 0.05) is 5.39 Å². The second kappa shape index (κ2) is 7.43. The molecule has 0 aliphatic rings. The summed E-state index contributed by atoms with van der Waals surface area (Å²) in [5, 5.41) is 3.44. The van der Waals surface area contributed by atoms with Crippen molar-refractivity contribution >= 4 is 34.2 Å². The summed E-state index contributed by atoms with van der Waals surface area (Å²) < 4.78 is 9.81. The summed E-state index contributed by atoms with van der Waals surface area (Å²) in [6.07, 6.45) is 4.25. The molecule has 0 aliphatic carbocycles. The Kier molecular flexibility index (Phi) is 4.88. The van der Waals surface area contributed by atoms with E-state index >= 15 is 0 Å². The van der Waals surface area contributed by atoms with E-state index in [1.54, 1.807) is 18.3 Å². The number of hydrogen-bond donors (Lipinski definition) is 2. The molecule has 0 saturated carbocycles. The van der Waals surface area contributed by atoms with Crippen molar-refractivity contribution in [2.75, 3.05) is 19.5 Å². The number of aromatic nitrogens is 3. The second-order valence-electron chi connectivity index (χ2n) is 5.12. The highest BCUT2D eigenvalue weighted by Gasteiger charge is 2.10. The first-order valence-electron chi connectivity index (χ1n) is 7.55. The number of benzene rings is 1. The smallest absolute Gasteiger partial charge is 0.286 e. The Morgan fingerprint density at radius 3 is 2.69 bits per heavy atom. The van der Waals surface area contributed by atoms with E-state index in [2.05, 4.69) is 25.3 Å². The van der Waals surface area contributed by atoms with Gasteiger partial charge in [-0.1, -0.05) is 6.07 Å². The lowest BCUT2D eigenvalue weighted by molar-refractivity contribution is 0.102. The molecular weight excluding hydrogens is 336 g/mol. The number of methoxy groups -OCH3 is 2. The molecule has 0 spiro atoms. The maximum Gasteiger partial charge on any atom is 0.286 e. The molecule has 9 heteroatoms. The molecule has 3 N–H and O–H groups in total. The van der Waals surface area contributed by atoms with Crippen LogP contribution in [0.2, 0.25) is 0 Å². The first-order valence-corrected chi connectivity index (χ1v) is 7.55. The number of nitrogens with two attached hydrogens (primary N) is 1. The Hall–Kier alpha value is -3.75. The van der Waals surface area contributed by atoms with Gasteiger partial charge in [0.1, 0.15) is 5.69 Å². The van der Waals surface area contributed by atoms with Gasteiger partial charge in [-0.3, -0.25) is 9.78 Å². The standard InChI is InChI=1S/C17H16N6O3/c1-25-15-9-20-14(8-21-15)16(24)22-10-6-11-12(19-7-10)4-3-5-13(11)23-17(18)26-2/h3-9H,1-2H3,(H2,18,23)(H,22,24). The molecule has 2 aromatic heterocycles. The number of aliphatic imine (C=N–C) groups is 1. The molecule has 3 rings (SSSR count). The van der Waals surface area contributed by atoms with Gasteiger partial charge in [0.05, 0.1) is 49.7 Å². The molecule has 0 radical (unpaired) electrons. The average molecular weight is 352 g/mol. The van der Waals surface area contributed by atoms with Crippen LogP contribution in [0.1, 0.15) is 10.5 Å². The molecule has 0 fully saturated rings. The van der Waals surface area contributed by atoms with E-state index in [0.717, 1.165) is 0 Å². The number of amidine groups is 1. The summed E-state index contributed by atoms with van der Waals surface area (Å²) in [4.78, 5) is 28.8. The first kappa shape index (κ1) is 17.1. The third-order valence-corrected chi connectivity index (χ3v) is 3.47. The SMILES string of the molecule is CO/C(N)=N\c1cccc2ncc(NC(=O)c3cnc(OC)cn3)cc12. The molecule has 0 bridgehead atoms. The molecule has 1 amide bonds. The molecule has 1 aromatic carbocycles. The van der Waals surface area contributed by atoms with Crippen LogP contribution < -0.4 is 15.8 Å². The predicted molar refractivity (Wildman–Crippen MR) is 96.6 cm³/mol. The number of anilines is 1. The highest BCUT2D eigenvalue weighted by molar-refractivity contribution is 6.04. The minimum absolute atomic E-state index is 0.0282. The minimum Gasteiger partial charge on any atom is -0.480 e. The highest BCUT2D eigenvalue weighted by atomic mass is 16.5. The fourth-order valence-corrected chi connectivity index (χ4v) is 2.20. The molecule has 0 atom stereocenters. The van der Waals surface area contributed by atoms with Gasteiger partial charge >= 0.3 is 0 Å². The number of pyridine rings is 1. The fraction of sp³-hybridized carbons (Fsp3) is 0.118. The number of carbonyl (C=O) groups excluding carboxylic acids is 1. The van der Waals surface area contributed by atoms with E-state index in [4.69, 9.17) is 15.2 Å². The number of hydrogen-bond acceptors (Lipinski definition) is 7. The van der Waals surface area contributed by atoms with Crippen LogP contribution in [0.15, 0.2) is 47.8 Å². The lowest BCUT2D eigenvalue weighted by Crippen LogP contribution is -2.14. The molecule has 0 unspecified atom stereocenters. The lowest BCUT2D eigenvalue weighted by Gasteiger charge is -2.08. The number of amides is 1. The summed E-state index contributed by atoms with van der Waals surface area (Å²) in [5.74, 6) is -0.0918. The molecule has 132 valence electrons. The van der Waals surface area contributed by atoms with E-state index in [-0.39, 0.29) is 11.7 Å². The summed E-state index contributed by atoms with van der Waals surface area (Å²) in [7, 11) is 2.91. The van der Waals surface area contributed by atoms with Crippen LogP contribution in [0.3, 0.4) is 0 Å². The summed E-state index contributed by atoms with van der Waals surface area (Å²) in [6, 6.07) is 7.19. The van der Waals surface area contributed by atoms with E-state index in [1.165, 1.54) is 26.6 Å². The molecule has 9 nitrogen and oxygen atoms in total. The minimum atomic E-state index is -0.418. The van der Waals surface area contributed by atoms with Crippen molar-refractivity contribution in [3.63, 3.8) is 0 Å². The van der Waals surface area contributed by atoms with Crippen LogP contribution in [0.5, 0.6) is 5.88 Å². The Balaban J connectivity index is 1.90. The number of nitrogens with one attached hydrogen (secondary N) is 1. The quantitative estimate of drug-likeness (QED) is 0.542. The van der Waals surface area contributed by atoms with E-state index in [9.17, 15) is 4.79 Å². The van der Waals surface area contributed by atoms with Crippen molar-refractivity contribution < 1.29 is 14.3 Å². The van der Waals surface area contributed by atoms with Gasteiger partial charge in [-0.25, -0.2) is 9.97 Å². The van der Waals surface area contributed by atoms with Crippen LogP contribution in [-0.4, -0.2) is 41.1 Å². The number of carbonyl (C=O) groups is 1. The third kappa shape index (κ3) is 3.66. The highest BCUT2D eigenvalue weighted by Crippen LogP contribution is 2.27. The van der Waals surface area contributed by atoms with Crippen molar-refractivity contribution in [1.29, 1.82) is 0 Å². The van der Waals surface area contributed by atoms with Crippen molar-refractivity contribution in [2.45, 2.75) is 0 Å². The normalized spacial score (nSPS) is 11.2. The molecule has 3 aromatic rings. The monoisotopic (exact) mass is 352 g/mol. The Morgan fingerprint density at radius 1 is 1.15 bits per heavy atom. The fourth-order valence-electron chi connectivity index (χ4n) is 2.20. The Bertz CT molecular complexity index is 972. The van der Waals surface area contributed by atoms with Gasteiger partial charge in [-0.05, 0) is 18.2 Å². The summed E-state index contributed by atoms with van der Waals surface area (Å²) >= 11 is 0. The van der Waals surface area contributed by atoms with Crippen LogP contribution >= 0.6 is 0 Å². The zero-order valence-corrected chi connectivity index (χ0v) is 14.1. The predicted octanol–water partition coefficient (Wildman–Crippen LogP) is 1.88. The van der Waals surface area contributed by atoms with Crippen molar-refractivity contribution in [3.8, 4) is 5.88 Å². The molecule has 26 heavy (non-hydrogen) atoms. The zero-order chi connectivity index (χ0) is 18.5. The topological polar surface area (TPSA) is 125 Å². The molecule has 0 aliphatic heterocycles. The Morgan fingerprint density at radius 2 is 2.00 bits per heavy atom. The van der Waals surface area contributed by atoms with Gasteiger partial charge in [-0.15, -0.1) is 0 Å². The summed E-state index contributed by atoms with van der Waals surface area (Å²) in [5.41, 5.74) is 7.55. The number of rotatable bonds is 4. The van der Waals surface area contributed by atoms with Gasteiger partial charge in [0.2, 0.25) is 5.88 Å². The van der Waals surface area contributed by atoms with Gasteiger partial charge in [0.25, 0.3) is 11.9 Å². The van der Waals surface area contributed by atoms with E-state index < -0.39 is 5.91 Å². The van der Waals surface area contributed by atoms with Gasteiger partial charge < -0.3 is 20.5 Å². The van der Waals surface area contributed by atoms with Gasteiger partial charge in [0.15, 0.2) is 0 Å². The number of ether oxygens (including phenoxy) is 2. The maximum absolute atomic E-state index is 12.3. The van der Waals surface area contributed by atoms with Crippen molar-refractivity contribution in [2.24, 2.45) is 10.7 Å². The van der Waals surface area contributed by atoms with Crippen LogP contribution in [0.25, 0.3) is 10.9 Å². The van der Waals surface area contributed by atoms with E-state index in [1.807, 2.05) is 12.1 Å². The van der Waals surface area contributed by atoms with E-state index in [0.29, 0.717) is 28.2 Å². The van der Waals surface area contributed by atoms with Crippen LogP contribution in [0, 0.1) is 0 Å². The van der Waals surface area contributed by atoms with Crippen LogP contribution in [-0.2, 0) is 4.74 Å². The number of nitrogens with zero attached hydrogens (tertiary/aromatic N) is 4. The largest absolute Gasteiger partial charge is 0.480 e. The molecule has 2 heterocycles. The second-order valence-corrected chi connectivity index (χ2v) is 5.12. The summed E-state index contributed by atoms with van der Waals surface area (Å²) in [6.45, 7) is 0. The molecular formula is C17H16N6O3. The number of fused-ring (bicyclic) bond motifs is 1. The maximum atomic E-state index is 12.3. The third-order valence-electron chi connectivity index (χ3n) is 3.47. The van der Waals surface area contributed by atoms with Crippen molar-refractivity contribution in [1.82, 2.24) is 15.0 Å². The first-order chi connectivity index (χ1) is 12.6. The Labute approximate surface area is 148 Å².